The number of rotatable bonds is 4. The number of hydrogen-bond acceptors (Lipinski definition) is 4. The lowest BCUT2D eigenvalue weighted by molar-refractivity contribution is -0.385. The summed E-state index contributed by atoms with van der Waals surface area (Å²) in [5.74, 6) is -0.906. The van der Waals surface area contributed by atoms with E-state index in [9.17, 15) is 19.6 Å². The molecule has 0 unspecified atom stereocenters. The van der Waals surface area contributed by atoms with Gasteiger partial charge in [-0.2, -0.15) is 0 Å². The van der Waals surface area contributed by atoms with Crippen LogP contribution in [-0.2, 0) is 6.61 Å². The molecule has 0 heterocycles. The Kier molecular flexibility index (Phi) is 4.18. The number of nitro benzene ring substituents is 1. The zero-order chi connectivity index (χ0) is 15.6. The number of ether oxygens (including phenoxy) is 1. The number of nitro groups is 1. The molecule has 0 aliphatic carbocycles. The topological polar surface area (TPSA) is 72.6 Å². The van der Waals surface area contributed by atoms with Crippen molar-refractivity contribution in [2.75, 3.05) is 0 Å². The number of nitrogens with zero attached hydrogens (tertiary/aromatic N) is 1. The van der Waals surface area contributed by atoms with Gasteiger partial charge in [0.15, 0.2) is 11.6 Å². The average Bonchev–Trinajstić information content (AvgIpc) is 2.42. The minimum Gasteiger partial charge on any atom is -0.446 e. The zero-order valence-corrected chi connectivity index (χ0v) is 11.6. The van der Waals surface area contributed by atoms with E-state index in [1.165, 1.54) is 24.3 Å². The van der Waals surface area contributed by atoms with E-state index in [2.05, 4.69) is 0 Å². The molecule has 0 fully saturated rings. The molecule has 5 nitrogen and oxygen atoms in total. The van der Waals surface area contributed by atoms with E-state index < -0.39 is 17.3 Å². The average molecular weight is 291 g/mol. The minimum atomic E-state index is -0.684. The highest BCUT2D eigenvalue weighted by atomic mass is 19.1. The first-order chi connectivity index (χ1) is 9.93. The van der Waals surface area contributed by atoms with Gasteiger partial charge < -0.3 is 9.84 Å². The first kappa shape index (κ1) is 14.9. The summed E-state index contributed by atoms with van der Waals surface area (Å²) in [6.45, 7) is 2.95. The Balaban J connectivity index is 2.57. The summed E-state index contributed by atoms with van der Waals surface area (Å²) in [4.78, 5) is 10.6. The quantitative estimate of drug-likeness (QED) is 0.689. The lowest BCUT2D eigenvalue weighted by atomic mass is 10.1. The van der Waals surface area contributed by atoms with Gasteiger partial charge in [0, 0.05) is 11.6 Å². The van der Waals surface area contributed by atoms with Crippen molar-refractivity contribution < 1.29 is 19.2 Å². The summed E-state index contributed by atoms with van der Waals surface area (Å²) in [6.07, 6.45) is 0. The maximum absolute atomic E-state index is 13.9. The summed E-state index contributed by atoms with van der Waals surface area (Å²) in [7, 11) is 0. The lowest BCUT2D eigenvalue weighted by Crippen LogP contribution is -2.00. The van der Waals surface area contributed by atoms with Crippen LogP contribution in [0.2, 0.25) is 0 Å². The molecule has 0 bridgehead atoms. The first-order valence-corrected chi connectivity index (χ1v) is 6.25. The van der Waals surface area contributed by atoms with Gasteiger partial charge in [0.1, 0.15) is 0 Å². The highest BCUT2D eigenvalue weighted by Gasteiger charge is 2.21. The van der Waals surface area contributed by atoms with E-state index in [1.54, 1.807) is 19.9 Å². The Morgan fingerprint density at radius 2 is 2.00 bits per heavy atom. The van der Waals surface area contributed by atoms with Crippen LogP contribution in [0.25, 0.3) is 0 Å². The van der Waals surface area contributed by atoms with Crippen LogP contribution in [-0.4, -0.2) is 10.0 Å². The second kappa shape index (κ2) is 5.88. The van der Waals surface area contributed by atoms with Crippen LogP contribution in [0.3, 0.4) is 0 Å². The van der Waals surface area contributed by atoms with E-state index in [-0.39, 0.29) is 22.7 Å². The molecule has 1 N–H and O–H groups in total. The summed E-state index contributed by atoms with van der Waals surface area (Å²) < 4.78 is 19.3. The number of hydrogen-bond donors (Lipinski definition) is 1. The van der Waals surface area contributed by atoms with Gasteiger partial charge in [-0.25, -0.2) is 4.39 Å². The van der Waals surface area contributed by atoms with Crippen molar-refractivity contribution >= 4 is 5.69 Å². The highest BCUT2D eigenvalue weighted by Crippen LogP contribution is 2.37. The van der Waals surface area contributed by atoms with Crippen molar-refractivity contribution in [3.63, 3.8) is 0 Å². The summed E-state index contributed by atoms with van der Waals surface area (Å²) in [6, 6.07) is 7.17. The molecule has 2 aromatic rings. The Morgan fingerprint density at radius 1 is 1.29 bits per heavy atom. The second-order valence-electron chi connectivity index (χ2n) is 4.68. The molecule has 0 spiro atoms. The van der Waals surface area contributed by atoms with E-state index in [4.69, 9.17) is 4.74 Å². The third-order valence-corrected chi connectivity index (χ3v) is 3.02. The van der Waals surface area contributed by atoms with Crippen LogP contribution < -0.4 is 4.74 Å². The molecule has 0 radical (unpaired) electrons. The molecule has 6 heteroatoms. The SMILES string of the molecule is Cc1cc(C)c(Oc2c(F)cccc2CO)c([N+](=O)[O-])c1. The number of halogens is 1. The molecule has 0 saturated carbocycles. The number of aliphatic hydroxyl groups is 1. The van der Waals surface area contributed by atoms with Gasteiger partial charge in [-0.15, -0.1) is 0 Å². The monoisotopic (exact) mass is 291 g/mol. The normalized spacial score (nSPS) is 10.5. The van der Waals surface area contributed by atoms with E-state index in [1.807, 2.05) is 0 Å². The molecule has 0 aliphatic rings. The van der Waals surface area contributed by atoms with E-state index in [0.29, 0.717) is 11.1 Å². The Labute approximate surface area is 120 Å². The summed E-state index contributed by atoms with van der Waals surface area (Å²) in [5.41, 5.74) is 1.22. The fraction of sp³-hybridized carbons (Fsp3) is 0.200. The molecule has 0 saturated heterocycles. The molecule has 2 aromatic carbocycles. The summed E-state index contributed by atoms with van der Waals surface area (Å²) >= 11 is 0. The van der Waals surface area contributed by atoms with Crippen molar-refractivity contribution in [2.24, 2.45) is 0 Å². The number of aliphatic hydroxyl groups excluding tert-OH is 1. The van der Waals surface area contributed by atoms with E-state index >= 15 is 0 Å². The van der Waals surface area contributed by atoms with Gasteiger partial charge in [0.25, 0.3) is 0 Å². The van der Waals surface area contributed by atoms with Gasteiger partial charge in [-0.1, -0.05) is 18.2 Å². The van der Waals surface area contributed by atoms with Crippen molar-refractivity contribution in [1.29, 1.82) is 0 Å². The van der Waals surface area contributed by atoms with Gasteiger partial charge in [0.05, 0.1) is 11.5 Å². The molecule has 0 atom stereocenters. The minimum absolute atomic E-state index is 0.0228. The van der Waals surface area contributed by atoms with Gasteiger partial charge in [0.2, 0.25) is 5.75 Å². The van der Waals surface area contributed by atoms with E-state index in [0.717, 1.165) is 0 Å². The van der Waals surface area contributed by atoms with Crippen LogP contribution in [0.15, 0.2) is 30.3 Å². The number of aryl methyl sites for hydroxylation is 2. The van der Waals surface area contributed by atoms with Gasteiger partial charge in [-0.3, -0.25) is 10.1 Å². The molecule has 110 valence electrons. The third-order valence-electron chi connectivity index (χ3n) is 3.02. The maximum Gasteiger partial charge on any atom is 0.312 e. The highest BCUT2D eigenvalue weighted by molar-refractivity contribution is 5.56. The van der Waals surface area contributed by atoms with Crippen LogP contribution in [0.4, 0.5) is 10.1 Å². The standard InChI is InChI=1S/C15H14FNO4/c1-9-6-10(2)14(13(7-9)17(19)20)21-15-11(8-18)4-3-5-12(15)16/h3-7,18H,8H2,1-2H3. The Morgan fingerprint density at radius 3 is 2.62 bits per heavy atom. The van der Waals surface area contributed by atoms with Crippen molar-refractivity contribution in [3.8, 4) is 11.5 Å². The molecular weight excluding hydrogens is 277 g/mol. The lowest BCUT2D eigenvalue weighted by Gasteiger charge is -2.13. The Bertz CT molecular complexity index is 700. The smallest absolute Gasteiger partial charge is 0.312 e. The van der Waals surface area contributed by atoms with Crippen LogP contribution in [0, 0.1) is 29.8 Å². The molecule has 2 rings (SSSR count). The molecule has 0 aromatic heterocycles. The molecule has 21 heavy (non-hydrogen) atoms. The molecule has 0 amide bonds. The van der Waals surface area contributed by atoms with Gasteiger partial charge >= 0.3 is 5.69 Å². The van der Waals surface area contributed by atoms with Crippen LogP contribution in [0.1, 0.15) is 16.7 Å². The van der Waals surface area contributed by atoms with Crippen molar-refractivity contribution in [3.05, 3.63) is 63.0 Å². The largest absolute Gasteiger partial charge is 0.446 e. The Hall–Kier alpha value is -2.47. The fourth-order valence-corrected chi connectivity index (χ4v) is 2.09. The number of para-hydroxylation sites is 1. The maximum atomic E-state index is 13.9. The zero-order valence-electron chi connectivity index (χ0n) is 11.6. The molecule has 0 aliphatic heterocycles. The van der Waals surface area contributed by atoms with Crippen molar-refractivity contribution in [1.82, 2.24) is 0 Å². The van der Waals surface area contributed by atoms with Crippen molar-refractivity contribution in [2.45, 2.75) is 20.5 Å². The predicted octanol–water partition coefficient (Wildman–Crippen LogP) is 3.64. The second-order valence-corrected chi connectivity index (χ2v) is 4.68. The summed E-state index contributed by atoms with van der Waals surface area (Å²) in [5, 5.41) is 20.4. The molecular formula is C15H14FNO4. The van der Waals surface area contributed by atoms with Gasteiger partial charge in [-0.05, 0) is 31.0 Å². The predicted molar refractivity (Wildman–Crippen MR) is 75.0 cm³/mol. The van der Waals surface area contributed by atoms with Crippen LogP contribution in [0.5, 0.6) is 11.5 Å². The van der Waals surface area contributed by atoms with Crippen LogP contribution >= 0.6 is 0 Å². The first-order valence-electron chi connectivity index (χ1n) is 6.25. The fourth-order valence-electron chi connectivity index (χ4n) is 2.09. The third kappa shape index (κ3) is 3.00. The number of benzene rings is 2.